The van der Waals surface area contributed by atoms with E-state index in [0.29, 0.717) is 31.9 Å². The Kier molecular flexibility index (Phi) is 4.95. The van der Waals surface area contributed by atoms with Gasteiger partial charge in [0, 0.05) is 15.6 Å². The maximum absolute atomic E-state index is 13.0. The first kappa shape index (κ1) is 19.1. The largest absolute Gasteiger partial charge is 0.488 e. The van der Waals surface area contributed by atoms with Crippen LogP contribution in [0, 0.1) is 0 Å². The zero-order valence-corrected chi connectivity index (χ0v) is 17.8. The molecule has 0 saturated carbocycles. The van der Waals surface area contributed by atoms with E-state index in [-0.39, 0.29) is 5.56 Å². The van der Waals surface area contributed by atoms with E-state index < -0.39 is 0 Å². The van der Waals surface area contributed by atoms with Crippen LogP contribution in [0.2, 0.25) is 10.0 Å². The van der Waals surface area contributed by atoms with Gasteiger partial charge in [-0.2, -0.15) is 0 Å². The molecule has 4 nitrogen and oxygen atoms in total. The average Bonchev–Trinajstić information content (AvgIpc) is 3.24. The van der Waals surface area contributed by atoms with Gasteiger partial charge in [-0.25, -0.2) is 9.38 Å². The second-order valence-corrected chi connectivity index (χ2v) is 8.62. The van der Waals surface area contributed by atoms with Crippen molar-refractivity contribution in [3.8, 4) is 5.75 Å². The Hall–Kier alpha value is -2.86. The van der Waals surface area contributed by atoms with Gasteiger partial charge < -0.3 is 4.74 Å². The van der Waals surface area contributed by atoms with Crippen molar-refractivity contribution >= 4 is 56.6 Å². The van der Waals surface area contributed by atoms with Crippen LogP contribution in [0.3, 0.4) is 0 Å². The fourth-order valence-electron chi connectivity index (χ4n) is 3.30. The van der Waals surface area contributed by atoms with Crippen LogP contribution < -0.4 is 14.8 Å². The second kappa shape index (κ2) is 7.76. The van der Waals surface area contributed by atoms with E-state index >= 15 is 0 Å². The Labute approximate surface area is 185 Å². The Morgan fingerprint density at radius 1 is 1.00 bits per heavy atom. The molecule has 3 aromatic carbocycles. The Balaban J connectivity index is 1.57. The summed E-state index contributed by atoms with van der Waals surface area (Å²) in [6.45, 7) is 0.353. The molecule has 0 bridgehead atoms. The van der Waals surface area contributed by atoms with E-state index in [1.54, 1.807) is 28.7 Å². The summed E-state index contributed by atoms with van der Waals surface area (Å²) in [6, 6.07) is 20.5. The highest BCUT2D eigenvalue weighted by Gasteiger charge is 2.11. The van der Waals surface area contributed by atoms with Crippen LogP contribution in [0.4, 0.5) is 0 Å². The van der Waals surface area contributed by atoms with E-state index in [4.69, 9.17) is 27.9 Å². The molecule has 30 heavy (non-hydrogen) atoms. The standard InChI is InChI=1S/C23H14Cl2N2O2S/c24-16-5-3-4-14(10-16)13-29-20-9-8-17(25)11-15(20)12-21-22(28)27-19-7-2-1-6-18(19)26-23(27)30-21/h1-12H,13H2. The first-order valence-corrected chi connectivity index (χ1v) is 10.7. The summed E-state index contributed by atoms with van der Waals surface area (Å²) in [4.78, 5) is 18.3. The molecular formula is C23H14Cl2N2O2S. The molecule has 0 N–H and O–H groups in total. The molecule has 5 rings (SSSR count). The molecule has 5 aromatic rings. The number of fused-ring (bicyclic) bond motifs is 3. The number of hydrogen-bond donors (Lipinski definition) is 0. The van der Waals surface area contributed by atoms with Crippen molar-refractivity contribution < 1.29 is 4.74 Å². The third kappa shape index (κ3) is 3.56. The first-order valence-electron chi connectivity index (χ1n) is 9.17. The summed E-state index contributed by atoms with van der Waals surface area (Å²) in [5.74, 6) is 0.634. The SMILES string of the molecule is O=c1c(=Cc2cc(Cl)ccc2OCc2cccc(Cl)c2)sc2nc3ccccc3n12. The molecule has 2 aromatic heterocycles. The van der Waals surface area contributed by atoms with Gasteiger partial charge in [-0.05, 0) is 54.1 Å². The van der Waals surface area contributed by atoms with Crippen LogP contribution in [0.15, 0.2) is 71.5 Å². The van der Waals surface area contributed by atoms with Crippen molar-refractivity contribution in [3.05, 3.63) is 103 Å². The molecule has 0 radical (unpaired) electrons. The summed E-state index contributed by atoms with van der Waals surface area (Å²) in [5, 5.41) is 1.22. The van der Waals surface area contributed by atoms with E-state index in [2.05, 4.69) is 4.98 Å². The molecule has 0 unspecified atom stereocenters. The maximum Gasteiger partial charge on any atom is 0.274 e. The van der Waals surface area contributed by atoms with Gasteiger partial charge in [0.05, 0.1) is 15.6 Å². The summed E-state index contributed by atoms with van der Waals surface area (Å²) in [6.07, 6.45) is 1.80. The monoisotopic (exact) mass is 452 g/mol. The molecule has 0 amide bonds. The third-order valence-corrected chi connectivity index (χ3v) is 6.13. The fourth-order valence-corrected chi connectivity index (χ4v) is 4.68. The molecule has 2 heterocycles. The van der Waals surface area contributed by atoms with E-state index in [9.17, 15) is 4.79 Å². The summed E-state index contributed by atoms with van der Waals surface area (Å²) >= 11 is 13.6. The summed E-state index contributed by atoms with van der Waals surface area (Å²) in [5.41, 5.74) is 3.19. The smallest absolute Gasteiger partial charge is 0.274 e. The van der Waals surface area contributed by atoms with Crippen LogP contribution in [0.1, 0.15) is 11.1 Å². The van der Waals surface area contributed by atoms with E-state index in [1.165, 1.54) is 11.3 Å². The van der Waals surface area contributed by atoms with Crippen molar-refractivity contribution in [1.82, 2.24) is 9.38 Å². The minimum atomic E-state index is -0.107. The number of imidazole rings is 1. The quantitative estimate of drug-likeness (QED) is 0.369. The number of benzene rings is 3. The van der Waals surface area contributed by atoms with Crippen molar-refractivity contribution in [2.45, 2.75) is 6.61 Å². The van der Waals surface area contributed by atoms with Crippen LogP contribution in [0.5, 0.6) is 5.75 Å². The fraction of sp³-hybridized carbons (Fsp3) is 0.0435. The molecule has 0 atom stereocenters. The van der Waals surface area contributed by atoms with Gasteiger partial charge in [0.25, 0.3) is 5.56 Å². The second-order valence-electron chi connectivity index (χ2n) is 6.74. The highest BCUT2D eigenvalue weighted by atomic mass is 35.5. The van der Waals surface area contributed by atoms with Gasteiger partial charge in [0.15, 0.2) is 4.96 Å². The van der Waals surface area contributed by atoms with Gasteiger partial charge in [0.2, 0.25) is 0 Å². The van der Waals surface area contributed by atoms with E-state index in [0.717, 1.165) is 22.2 Å². The topological polar surface area (TPSA) is 43.6 Å². The molecule has 0 fully saturated rings. The van der Waals surface area contributed by atoms with E-state index in [1.807, 2.05) is 48.5 Å². The predicted octanol–water partition coefficient (Wildman–Crippen LogP) is 5.34. The molecule has 7 heteroatoms. The van der Waals surface area contributed by atoms with Crippen LogP contribution in [-0.4, -0.2) is 9.38 Å². The molecule has 0 aliphatic carbocycles. The van der Waals surface area contributed by atoms with Gasteiger partial charge in [-0.3, -0.25) is 4.79 Å². The first-order chi connectivity index (χ1) is 14.6. The number of rotatable bonds is 4. The molecule has 0 aliphatic heterocycles. The molecule has 0 saturated heterocycles. The summed E-state index contributed by atoms with van der Waals surface area (Å²) in [7, 11) is 0. The number of aromatic nitrogens is 2. The minimum Gasteiger partial charge on any atom is -0.488 e. The van der Waals surface area contributed by atoms with Crippen molar-refractivity contribution in [3.63, 3.8) is 0 Å². The zero-order valence-electron chi connectivity index (χ0n) is 15.5. The number of halogens is 2. The van der Waals surface area contributed by atoms with Crippen molar-refractivity contribution in [1.29, 1.82) is 0 Å². The lowest BCUT2D eigenvalue weighted by molar-refractivity contribution is 0.305. The van der Waals surface area contributed by atoms with Gasteiger partial charge >= 0.3 is 0 Å². The number of hydrogen-bond acceptors (Lipinski definition) is 4. The number of ether oxygens (including phenoxy) is 1. The highest BCUT2D eigenvalue weighted by Crippen LogP contribution is 2.25. The van der Waals surface area contributed by atoms with Crippen molar-refractivity contribution in [2.24, 2.45) is 0 Å². The average molecular weight is 453 g/mol. The lowest BCUT2D eigenvalue weighted by Gasteiger charge is -2.10. The zero-order chi connectivity index (χ0) is 20.7. The van der Waals surface area contributed by atoms with Gasteiger partial charge in [-0.15, -0.1) is 0 Å². The Bertz CT molecular complexity index is 1510. The van der Waals surface area contributed by atoms with Gasteiger partial charge in [0.1, 0.15) is 12.4 Å². The normalized spacial score (nSPS) is 12.1. The Morgan fingerprint density at radius 3 is 2.70 bits per heavy atom. The molecular weight excluding hydrogens is 439 g/mol. The lowest BCUT2D eigenvalue weighted by Crippen LogP contribution is -2.22. The van der Waals surface area contributed by atoms with Crippen LogP contribution in [0.25, 0.3) is 22.1 Å². The summed E-state index contributed by atoms with van der Waals surface area (Å²) < 4.78 is 8.21. The minimum absolute atomic E-state index is 0.107. The Morgan fingerprint density at radius 2 is 1.83 bits per heavy atom. The molecule has 0 aliphatic rings. The third-order valence-electron chi connectivity index (χ3n) is 4.69. The highest BCUT2D eigenvalue weighted by molar-refractivity contribution is 7.15. The van der Waals surface area contributed by atoms with Crippen LogP contribution in [-0.2, 0) is 6.61 Å². The predicted molar refractivity (Wildman–Crippen MR) is 123 cm³/mol. The van der Waals surface area contributed by atoms with Crippen molar-refractivity contribution in [2.75, 3.05) is 0 Å². The number of para-hydroxylation sites is 2. The lowest BCUT2D eigenvalue weighted by atomic mass is 10.2. The maximum atomic E-state index is 13.0. The molecule has 148 valence electrons. The van der Waals surface area contributed by atoms with Gasteiger partial charge in [-0.1, -0.05) is 58.8 Å². The number of nitrogens with zero attached hydrogens (tertiary/aromatic N) is 2. The van der Waals surface area contributed by atoms with Crippen LogP contribution >= 0.6 is 34.5 Å². The number of thiazole rings is 1. The molecule has 0 spiro atoms.